The van der Waals surface area contributed by atoms with Crippen LogP contribution < -0.4 is 0 Å². The van der Waals surface area contributed by atoms with Gasteiger partial charge in [0.1, 0.15) is 11.4 Å². The van der Waals surface area contributed by atoms with Gasteiger partial charge in [0.15, 0.2) is 5.78 Å². The van der Waals surface area contributed by atoms with E-state index < -0.39 is 17.1 Å². The van der Waals surface area contributed by atoms with Crippen molar-refractivity contribution in [2.24, 2.45) is 0 Å². The molecule has 0 fully saturated rings. The highest BCUT2D eigenvalue weighted by molar-refractivity contribution is 14.1. The van der Waals surface area contributed by atoms with E-state index in [2.05, 4.69) is 38.5 Å². The predicted molar refractivity (Wildman–Crippen MR) is 118 cm³/mol. The molecule has 6 heteroatoms. The van der Waals surface area contributed by atoms with Gasteiger partial charge in [0, 0.05) is 21.8 Å². The van der Waals surface area contributed by atoms with Crippen molar-refractivity contribution < 1.29 is 14.0 Å². The highest BCUT2D eigenvalue weighted by Crippen LogP contribution is 2.51. The Balaban J connectivity index is 1.92. The average Bonchev–Trinajstić information content (AvgIpc) is 2.90. The largest absolute Gasteiger partial charge is 0.314 e. The molecule has 1 heterocycles. The SMILES string of the molecule is O=C1C=CC2(C(F)=C1)C(c1ccccc1)=C(Br)C(=O)N2Cc1ccccc1I. The summed E-state index contributed by atoms with van der Waals surface area (Å²) in [5.74, 6) is -1.41. The molecule has 0 bridgehead atoms. The monoisotopic (exact) mass is 549 g/mol. The fraction of sp³-hybridized carbons (Fsp3) is 0.0909. The highest BCUT2D eigenvalue weighted by Gasteiger charge is 2.54. The molecule has 2 aliphatic rings. The first-order chi connectivity index (χ1) is 13.4. The maximum absolute atomic E-state index is 15.5. The van der Waals surface area contributed by atoms with Crippen molar-refractivity contribution in [3.8, 4) is 0 Å². The number of halogens is 3. The molecule has 2 aromatic carbocycles. The molecule has 3 nitrogen and oxygen atoms in total. The summed E-state index contributed by atoms with van der Waals surface area (Å²) in [7, 11) is 0. The zero-order valence-corrected chi connectivity index (χ0v) is 18.3. The number of carbonyl (C=O) groups excluding carboxylic acids is 2. The molecule has 0 N–H and O–H groups in total. The van der Waals surface area contributed by atoms with Crippen LogP contribution in [0.2, 0.25) is 0 Å². The normalized spacial score (nSPS) is 21.7. The second-order valence-corrected chi connectivity index (χ2v) is 8.49. The summed E-state index contributed by atoms with van der Waals surface area (Å²) in [6.07, 6.45) is 3.79. The Kier molecular flexibility index (Phi) is 5.09. The van der Waals surface area contributed by atoms with Crippen LogP contribution in [0.15, 0.2) is 83.1 Å². The maximum atomic E-state index is 15.5. The molecule has 28 heavy (non-hydrogen) atoms. The average molecular weight is 550 g/mol. The van der Waals surface area contributed by atoms with E-state index in [9.17, 15) is 9.59 Å². The Hall–Kier alpha value is -2.06. The molecule has 0 saturated carbocycles. The minimum atomic E-state index is -1.45. The van der Waals surface area contributed by atoms with Gasteiger partial charge in [-0.1, -0.05) is 48.5 Å². The van der Waals surface area contributed by atoms with Gasteiger partial charge in [-0.05, 0) is 67.9 Å². The summed E-state index contributed by atoms with van der Waals surface area (Å²) in [4.78, 5) is 26.5. The molecule has 0 radical (unpaired) electrons. The quantitative estimate of drug-likeness (QED) is 0.495. The van der Waals surface area contributed by atoms with Crippen molar-refractivity contribution in [3.63, 3.8) is 0 Å². The standard InChI is InChI=1S/C22H14BrFINO2/c23-20-19(14-6-2-1-3-7-14)22(11-10-16(27)12-18(22)24)26(21(20)28)13-15-8-4-5-9-17(15)25/h1-12H,13H2. The zero-order chi connectivity index (χ0) is 19.9. The Morgan fingerprint density at radius 1 is 1.04 bits per heavy atom. The number of benzene rings is 2. The molecular formula is C22H14BrFINO2. The van der Waals surface area contributed by atoms with Crippen LogP contribution >= 0.6 is 38.5 Å². The van der Waals surface area contributed by atoms with Crippen LogP contribution in [0.4, 0.5) is 4.39 Å². The van der Waals surface area contributed by atoms with Crippen LogP contribution in [0.25, 0.3) is 5.57 Å². The zero-order valence-electron chi connectivity index (χ0n) is 14.5. The fourth-order valence-electron chi connectivity index (χ4n) is 3.62. The van der Waals surface area contributed by atoms with E-state index in [1.165, 1.54) is 17.1 Å². The third-order valence-corrected chi connectivity index (χ3v) is 6.72. The summed E-state index contributed by atoms with van der Waals surface area (Å²) in [6, 6.07) is 16.8. The van der Waals surface area contributed by atoms with Crippen molar-refractivity contribution in [1.82, 2.24) is 4.90 Å². The summed E-state index contributed by atoms with van der Waals surface area (Å²) >= 11 is 5.61. The Bertz CT molecular complexity index is 1080. The lowest BCUT2D eigenvalue weighted by Crippen LogP contribution is -2.48. The molecule has 0 saturated heterocycles. The number of rotatable bonds is 3. The third-order valence-electron chi connectivity index (χ3n) is 4.93. The number of hydrogen-bond acceptors (Lipinski definition) is 2. The van der Waals surface area contributed by atoms with E-state index in [4.69, 9.17) is 0 Å². The number of allylic oxidation sites excluding steroid dienone is 2. The van der Waals surface area contributed by atoms with Crippen LogP contribution in [0.5, 0.6) is 0 Å². The van der Waals surface area contributed by atoms with Crippen LogP contribution in [-0.4, -0.2) is 22.1 Å². The first-order valence-corrected chi connectivity index (χ1v) is 10.4. The van der Waals surface area contributed by atoms with Gasteiger partial charge < -0.3 is 4.90 Å². The molecule has 1 unspecified atom stereocenters. The van der Waals surface area contributed by atoms with Crippen LogP contribution in [0.3, 0.4) is 0 Å². The fourth-order valence-corrected chi connectivity index (χ4v) is 4.92. The smallest absolute Gasteiger partial charge is 0.262 e. The Labute approximate surface area is 183 Å². The molecule has 1 atom stereocenters. The van der Waals surface area contributed by atoms with Crippen molar-refractivity contribution >= 4 is 55.8 Å². The molecule has 1 amide bonds. The highest BCUT2D eigenvalue weighted by atomic mass is 127. The van der Waals surface area contributed by atoms with Gasteiger partial charge in [-0.25, -0.2) is 4.39 Å². The van der Waals surface area contributed by atoms with Gasteiger partial charge >= 0.3 is 0 Å². The van der Waals surface area contributed by atoms with Gasteiger partial charge in [0.2, 0.25) is 0 Å². The van der Waals surface area contributed by atoms with Crippen molar-refractivity contribution in [2.45, 2.75) is 12.1 Å². The summed E-state index contributed by atoms with van der Waals surface area (Å²) in [5.41, 5.74) is 0.671. The summed E-state index contributed by atoms with van der Waals surface area (Å²) in [5, 5.41) is 0. The number of ketones is 1. The van der Waals surface area contributed by atoms with Gasteiger partial charge in [-0.3, -0.25) is 9.59 Å². The van der Waals surface area contributed by atoms with E-state index in [1.54, 1.807) is 0 Å². The lowest BCUT2D eigenvalue weighted by atomic mass is 9.81. The lowest BCUT2D eigenvalue weighted by molar-refractivity contribution is -0.128. The number of amides is 1. The minimum Gasteiger partial charge on any atom is -0.314 e. The Morgan fingerprint density at radius 2 is 1.71 bits per heavy atom. The third kappa shape index (κ3) is 2.99. The topological polar surface area (TPSA) is 37.4 Å². The van der Waals surface area contributed by atoms with Gasteiger partial charge in [-0.2, -0.15) is 0 Å². The number of nitrogens with zero attached hydrogens (tertiary/aromatic N) is 1. The lowest BCUT2D eigenvalue weighted by Gasteiger charge is -2.38. The van der Waals surface area contributed by atoms with E-state index in [0.717, 1.165) is 20.8 Å². The first kappa shape index (κ1) is 19.3. The molecule has 0 aromatic heterocycles. The first-order valence-electron chi connectivity index (χ1n) is 8.57. The van der Waals surface area contributed by atoms with Crippen LogP contribution in [-0.2, 0) is 16.1 Å². The van der Waals surface area contributed by atoms with E-state index in [-0.39, 0.29) is 12.5 Å². The van der Waals surface area contributed by atoms with Crippen molar-refractivity contribution in [1.29, 1.82) is 0 Å². The number of hydrogen-bond donors (Lipinski definition) is 0. The second kappa shape index (κ2) is 7.40. The van der Waals surface area contributed by atoms with E-state index in [1.807, 2.05) is 54.6 Å². The molecular weight excluding hydrogens is 536 g/mol. The van der Waals surface area contributed by atoms with E-state index in [0.29, 0.717) is 10.1 Å². The summed E-state index contributed by atoms with van der Waals surface area (Å²) < 4.78 is 16.7. The predicted octanol–water partition coefficient (Wildman–Crippen LogP) is 5.17. The van der Waals surface area contributed by atoms with E-state index >= 15 is 4.39 Å². The van der Waals surface area contributed by atoms with Crippen LogP contribution in [0.1, 0.15) is 11.1 Å². The molecule has 1 aliphatic carbocycles. The molecule has 4 rings (SSSR count). The molecule has 1 spiro atoms. The molecule has 140 valence electrons. The number of carbonyl (C=O) groups is 2. The van der Waals surface area contributed by atoms with Gasteiger partial charge in [0.05, 0.1) is 4.48 Å². The van der Waals surface area contributed by atoms with Gasteiger partial charge in [0.25, 0.3) is 5.91 Å². The van der Waals surface area contributed by atoms with Gasteiger partial charge in [-0.15, -0.1) is 0 Å². The van der Waals surface area contributed by atoms with Crippen molar-refractivity contribution in [3.05, 3.63) is 97.8 Å². The maximum Gasteiger partial charge on any atom is 0.262 e. The van der Waals surface area contributed by atoms with Crippen LogP contribution in [0, 0.1) is 3.57 Å². The minimum absolute atomic E-state index is 0.211. The molecule has 2 aromatic rings. The summed E-state index contributed by atoms with van der Waals surface area (Å²) in [6.45, 7) is 0.211. The Morgan fingerprint density at radius 3 is 2.39 bits per heavy atom. The van der Waals surface area contributed by atoms with Crippen molar-refractivity contribution in [2.75, 3.05) is 0 Å². The molecule has 1 aliphatic heterocycles. The second-order valence-electron chi connectivity index (χ2n) is 6.53.